The Hall–Kier alpha value is -4.22. The number of aromatic hydroxyl groups is 1. The molecule has 0 saturated heterocycles. The summed E-state index contributed by atoms with van der Waals surface area (Å²) in [6, 6.07) is 23.0. The molecule has 8 heteroatoms. The Morgan fingerprint density at radius 2 is 1.63 bits per heavy atom. The number of phenols is 1. The monoisotopic (exact) mass is 750 g/mol. The molecule has 0 radical (unpaired) electrons. The Balaban J connectivity index is 0.00000329. The molecule has 0 bridgehead atoms. The molecular weight excluding hydrogens is 719 g/mol. The van der Waals surface area contributed by atoms with Gasteiger partial charge in [-0.15, -0.1) is 0 Å². The summed E-state index contributed by atoms with van der Waals surface area (Å²) in [5, 5.41) is 13.6. The molecule has 0 fully saturated rings. The average Bonchev–Trinajstić information content (AvgIpc) is 3.47. The maximum atomic E-state index is 10.4. The topological polar surface area (TPSA) is 86.2 Å². The second-order valence-electron chi connectivity index (χ2n) is 12.8. The van der Waals surface area contributed by atoms with E-state index in [-0.39, 0.29) is 37.6 Å². The van der Waals surface area contributed by atoms with E-state index in [1.54, 1.807) is 24.4 Å². The van der Waals surface area contributed by atoms with Gasteiger partial charge in [0.25, 0.3) is 0 Å². The van der Waals surface area contributed by atoms with Gasteiger partial charge in [-0.1, -0.05) is 65.1 Å². The first kappa shape index (κ1) is 28.9. The van der Waals surface area contributed by atoms with Crippen LogP contribution in [0.4, 0.5) is 0 Å². The van der Waals surface area contributed by atoms with Crippen LogP contribution in [-0.2, 0) is 31.9 Å². The molecule has 1 N–H and O–H groups in total. The molecule has 0 aliphatic carbocycles. The Labute approximate surface area is 263 Å². The second kappa shape index (κ2) is 10.2. The van der Waals surface area contributed by atoms with Crippen molar-refractivity contribution >= 4 is 44.0 Å². The fraction of sp³-hybridized carbons (Fsp3) is 0.229. The van der Waals surface area contributed by atoms with Crippen molar-refractivity contribution < 1.29 is 35.3 Å². The number of hydrogen-bond donors (Lipinski definition) is 1. The Bertz CT molecular complexity index is 2170. The Morgan fingerprint density at radius 3 is 2.40 bits per heavy atom. The first-order valence-electron chi connectivity index (χ1n) is 14.0. The summed E-state index contributed by atoms with van der Waals surface area (Å²) < 4.78 is 14.1. The van der Waals surface area contributed by atoms with Gasteiger partial charge < -0.3 is 19.2 Å². The van der Waals surface area contributed by atoms with E-state index >= 15 is 0 Å². The van der Waals surface area contributed by atoms with Crippen molar-refractivity contribution in [3.63, 3.8) is 0 Å². The van der Waals surface area contributed by atoms with Gasteiger partial charge in [-0.2, -0.15) is 4.98 Å². The molecular formula is C35H31N4O3Pt-. The van der Waals surface area contributed by atoms with Crippen LogP contribution in [0, 0.1) is 6.07 Å². The number of ether oxygens (including phenoxy) is 1. The van der Waals surface area contributed by atoms with E-state index in [9.17, 15) is 5.11 Å². The quantitative estimate of drug-likeness (QED) is 0.182. The van der Waals surface area contributed by atoms with Crippen LogP contribution in [-0.4, -0.2) is 24.6 Å². The maximum absolute atomic E-state index is 10.4. The molecule has 0 amide bonds. The molecule has 0 saturated carbocycles. The van der Waals surface area contributed by atoms with Crippen molar-refractivity contribution in [2.75, 3.05) is 0 Å². The van der Waals surface area contributed by atoms with Crippen LogP contribution in [0.25, 0.3) is 49.8 Å². The molecule has 0 atom stereocenters. The average molecular weight is 751 g/mol. The van der Waals surface area contributed by atoms with Gasteiger partial charge >= 0.3 is 0 Å². The van der Waals surface area contributed by atoms with Gasteiger partial charge in [0, 0.05) is 44.1 Å². The van der Waals surface area contributed by atoms with E-state index in [1.807, 2.05) is 18.3 Å². The number of phenolic OH excluding ortho intramolecular Hbond substituents is 1. The number of nitrogens with zero attached hydrogens (tertiary/aromatic N) is 4. The van der Waals surface area contributed by atoms with E-state index in [0.717, 1.165) is 27.8 Å². The number of rotatable bonds is 3. The summed E-state index contributed by atoms with van der Waals surface area (Å²) >= 11 is 0. The minimum Gasteiger partial charge on any atom is -0.517 e. The first-order chi connectivity index (χ1) is 20.0. The number of benzene rings is 2. The van der Waals surface area contributed by atoms with E-state index in [2.05, 4.69) is 87.5 Å². The molecule has 2 aromatic carbocycles. The van der Waals surface area contributed by atoms with Crippen LogP contribution in [0.2, 0.25) is 0 Å². The minimum atomic E-state index is -0.0370. The second-order valence-corrected chi connectivity index (χ2v) is 12.8. The molecule has 5 heterocycles. The fourth-order valence-electron chi connectivity index (χ4n) is 5.40. The van der Waals surface area contributed by atoms with Crippen LogP contribution in [0.1, 0.15) is 52.7 Å². The van der Waals surface area contributed by atoms with Crippen molar-refractivity contribution in [3.8, 4) is 23.2 Å². The third-order valence-corrected chi connectivity index (χ3v) is 7.73. The molecule has 220 valence electrons. The van der Waals surface area contributed by atoms with Crippen LogP contribution in [0.15, 0.2) is 77.5 Å². The molecule has 0 aliphatic heterocycles. The van der Waals surface area contributed by atoms with Gasteiger partial charge in [0.05, 0.1) is 22.6 Å². The van der Waals surface area contributed by atoms with Gasteiger partial charge in [-0.3, -0.25) is 4.57 Å². The zero-order valence-corrected chi connectivity index (χ0v) is 27.1. The summed E-state index contributed by atoms with van der Waals surface area (Å²) in [7, 11) is 0. The first-order valence-corrected chi connectivity index (χ1v) is 14.0. The summed E-state index contributed by atoms with van der Waals surface area (Å²) in [6.45, 7) is 13.2. The van der Waals surface area contributed by atoms with E-state index in [1.165, 1.54) is 11.1 Å². The largest absolute Gasteiger partial charge is 0.517 e. The molecule has 5 aromatic heterocycles. The zero-order chi connectivity index (χ0) is 29.4. The Morgan fingerprint density at radius 1 is 0.860 bits per heavy atom. The standard InChI is InChI=1S/C35H31N4O3.Pt/c1-34(2,3)20-10-12-26-24(16-20)23-11-13-30(38-32(23)39(26)29-17-21(14-15-36-29)35(4,5)6)41-22-18-25-31-27(40)8-7-9-28(31)42-33(25)37-19-22;/h7-17,19,40H,1-6H3;/q-1;. The predicted octanol–water partition coefficient (Wildman–Crippen LogP) is 8.76. The zero-order valence-electron chi connectivity index (χ0n) is 24.8. The summed E-state index contributed by atoms with van der Waals surface area (Å²) in [5.74, 6) is 1.66. The molecule has 7 rings (SSSR count). The number of fused-ring (bicyclic) bond motifs is 6. The summed E-state index contributed by atoms with van der Waals surface area (Å²) in [4.78, 5) is 14.2. The van der Waals surface area contributed by atoms with Crippen LogP contribution in [0.3, 0.4) is 0 Å². The molecule has 43 heavy (non-hydrogen) atoms. The number of hydrogen-bond acceptors (Lipinski definition) is 6. The van der Waals surface area contributed by atoms with E-state index in [4.69, 9.17) is 19.1 Å². The molecule has 0 spiro atoms. The van der Waals surface area contributed by atoms with Crippen LogP contribution in [0.5, 0.6) is 17.4 Å². The predicted molar refractivity (Wildman–Crippen MR) is 166 cm³/mol. The Kier molecular flexibility index (Phi) is 6.85. The molecule has 7 aromatic rings. The third kappa shape index (κ3) is 4.96. The SMILES string of the molecule is CC(C)(C)c1ccnc(-n2c3ccc(C(C)(C)C)cc3c3ccc(Oc4[c-]c5c(nc4)oc4cccc(O)c45)nc32)c1.[Pt]. The minimum absolute atomic E-state index is 0. The van der Waals surface area contributed by atoms with Crippen molar-refractivity contribution in [1.82, 2.24) is 19.5 Å². The molecule has 0 unspecified atom stereocenters. The maximum Gasteiger partial charge on any atom is 0.219 e. The van der Waals surface area contributed by atoms with Gasteiger partial charge in [-0.25, -0.2) is 4.98 Å². The smallest absolute Gasteiger partial charge is 0.219 e. The van der Waals surface area contributed by atoms with Crippen molar-refractivity contribution in [2.45, 2.75) is 52.4 Å². The van der Waals surface area contributed by atoms with Gasteiger partial charge in [0.15, 0.2) is 5.65 Å². The number of furan rings is 1. The fourth-order valence-corrected chi connectivity index (χ4v) is 5.40. The van der Waals surface area contributed by atoms with Crippen molar-refractivity contribution in [1.29, 1.82) is 0 Å². The number of aromatic nitrogens is 4. The van der Waals surface area contributed by atoms with Crippen LogP contribution >= 0.6 is 0 Å². The normalized spacial score (nSPS) is 12.3. The molecule has 7 nitrogen and oxygen atoms in total. The summed E-state index contributed by atoms with van der Waals surface area (Å²) in [6.07, 6.45) is 3.41. The third-order valence-electron chi connectivity index (χ3n) is 7.73. The van der Waals surface area contributed by atoms with Crippen LogP contribution < -0.4 is 4.74 Å². The van der Waals surface area contributed by atoms with E-state index in [0.29, 0.717) is 33.7 Å². The number of pyridine rings is 3. The van der Waals surface area contributed by atoms with Gasteiger partial charge in [0.2, 0.25) is 5.88 Å². The van der Waals surface area contributed by atoms with Gasteiger partial charge in [0.1, 0.15) is 11.5 Å². The molecule has 0 aliphatic rings. The van der Waals surface area contributed by atoms with Gasteiger partial charge in [-0.05, 0) is 76.0 Å². The summed E-state index contributed by atoms with van der Waals surface area (Å²) in [5.41, 5.74) is 5.07. The van der Waals surface area contributed by atoms with Crippen molar-refractivity contribution in [3.05, 3.63) is 90.3 Å². The van der Waals surface area contributed by atoms with E-state index < -0.39 is 0 Å². The van der Waals surface area contributed by atoms with Crippen molar-refractivity contribution in [2.24, 2.45) is 0 Å².